The lowest BCUT2D eigenvalue weighted by Crippen LogP contribution is -2.29. The van der Waals surface area contributed by atoms with E-state index >= 15 is 0 Å². The molecule has 0 aliphatic carbocycles. The molecule has 146 valence electrons. The van der Waals surface area contributed by atoms with Crippen molar-refractivity contribution in [2.45, 2.75) is 13.1 Å². The Hall–Kier alpha value is -3.31. The van der Waals surface area contributed by atoms with Crippen molar-refractivity contribution in [1.82, 2.24) is 14.9 Å². The highest BCUT2D eigenvalue weighted by atomic mass is 35.5. The van der Waals surface area contributed by atoms with E-state index in [1.165, 1.54) is 5.56 Å². The molecule has 5 nitrogen and oxygen atoms in total. The number of ether oxygens (including phenoxy) is 1. The molecule has 0 aliphatic heterocycles. The fourth-order valence-corrected chi connectivity index (χ4v) is 3.24. The molecular formula is C23H20ClN3O2. The van der Waals surface area contributed by atoms with E-state index in [1.54, 1.807) is 24.3 Å². The van der Waals surface area contributed by atoms with Crippen LogP contribution in [0.3, 0.4) is 0 Å². The number of hydrogen-bond donors (Lipinski definition) is 1. The summed E-state index contributed by atoms with van der Waals surface area (Å²) in [7, 11) is 0. The number of nitrogens with zero attached hydrogens (tertiary/aromatic N) is 2. The number of imidazole rings is 1. The van der Waals surface area contributed by atoms with Crippen molar-refractivity contribution in [3.05, 3.63) is 95.3 Å². The molecule has 3 aromatic carbocycles. The third-order valence-electron chi connectivity index (χ3n) is 4.54. The van der Waals surface area contributed by atoms with Crippen LogP contribution in [0.2, 0.25) is 5.02 Å². The summed E-state index contributed by atoms with van der Waals surface area (Å²) in [6.45, 7) is 0.943. The normalized spacial score (nSPS) is 10.8. The molecule has 29 heavy (non-hydrogen) atoms. The SMILES string of the molecule is O=C(COc1ccc(Cl)cc1)NCc1nc2ccccc2n1Cc1ccccc1. The summed E-state index contributed by atoms with van der Waals surface area (Å²) >= 11 is 5.85. The summed E-state index contributed by atoms with van der Waals surface area (Å²) in [5.41, 5.74) is 3.12. The second-order valence-electron chi connectivity index (χ2n) is 6.61. The van der Waals surface area contributed by atoms with Crippen LogP contribution in [0.15, 0.2) is 78.9 Å². The first-order chi connectivity index (χ1) is 14.2. The van der Waals surface area contributed by atoms with Crippen LogP contribution in [0.25, 0.3) is 11.0 Å². The number of amides is 1. The van der Waals surface area contributed by atoms with Crippen LogP contribution >= 0.6 is 11.6 Å². The highest BCUT2D eigenvalue weighted by Crippen LogP contribution is 2.18. The topological polar surface area (TPSA) is 56.1 Å². The lowest BCUT2D eigenvalue weighted by molar-refractivity contribution is -0.123. The van der Waals surface area contributed by atoms with E-state index in [0.29, 0.717) is 23.9 Å². The predicted octanol–water partition coefficient (Wildman–Crippen LogP) is 4.43. The zero-order valence-electron chi connectivity index (χ0n) is 15.7. The maximum Gasteiger partial charge on any atom is 0.258 e. The summed E-state index contributed by atoms with van der Waals surface area (Å²) in [4.78, 5) is 16.9. The smallest absolute Gasteiger partial charge is 0.258 e. The minimum atomic E-state index is -0.210. The fourth-order valence-electron chi connectivity index (χ4n) is 3.11. The number of halogens is 1. The maximum atomic E-state index is 12.2. The molecule has 1 heterocycles. The Morgan fingerprint density at radius 3 is 2.48 bits per heavy atom. The van der Waals surface area contributed by atoms with Crippen LogP contribution in [0.5, 0.6) is 5.75 Å². The largest absolute Gasteiger partial charge is 0.484 e. The van der Waals surface area contributed by atoms with Crippen molar-refractivity contribution in [2.75, 3.05) is 6.61 Å². The first kappa shape index (κ1) is 19.0. The Bertz CT molecular complexity index is 1110. The highest BCUT2D eigenvalue weighted by Gasteiger charge is 2.12. The van der Waals surface area contributed by atoms with Crippen molar-refractivity contribution in [1.29, 1.82) is 0 Å². The molecule has 6 heteroatoms. The van der Waals surface area contributed by atoms with Gasteiger partial charge in [0.1, 0.15) is 11.6 Å². The zero-order chi connectivity index (χ0) is 20.1. The van der Waals surface area contributed by atoms with Crippen LogP contribution in [0, 0.1) is 0 Å². The average molecular weight is 406 g/mol. The molecule has 4 aromatic rings. The minimum absolute atomic E-state index is 0.0689. The number of benzene rings is 3. The highest BCUT2D eigenvalue weighted by molar-refractivity contribution is 6.30. The van der Waals surface area contributed by atoms with Gasteiger partial charge in [-0.15, -0.1) is 0 Å². The summed E-state index contributed by atoms with van der Waals surface area (Å²) in [5, 5.41) is 3.52. The van der Waals surface area contributed by atoms with E-state index in [-0.39, 0.29) is 12.5 Å². The average Bonchev–Trinajstić information content (AvgIpc) is 3.10. The van der Waals surface area contributed by atoms with Crippen molar-refractivity contribution in [3.8, 4) is 5.75 Å². The number of carbonyl (C=O) groups is 1. The zero-order valence-corrected chi connectivity index (χ0v) is 16.5. The molecule has 0 radical (unpaired) electrons. The van der Waals surface area contributed by atoms with Gasteiger partial charge in [0, 0.05) is 11.6 Å². The Labute approximate surface area is 173 Å². The van der Waals surface area contributed by atoms with Gasteiger partial charge in [0.2, 0.25) is 0 Å². The van der Waals surface area contributed by atoms with E-state index in [9.17, 15) is 4.79 Å². The van der Waals surface area contributed by atoms with Gasteiger partial charge in [0.15, 0.2) is 6.61 Å². The molecule has 0 fully saturated rings. The van der Waals surface area contributed by atoms with Crippen LogP contribution < -0.4 is 10.1 Å². The van der Waals surface area contributed by atoms with E-state index in [4.69, 9.17) is 21.3 Å². The molecule has 1 aromatic heterocycles. The molecule has 0 bridgehead atoms. The van der Waals surface area contributed by atoms with Crippen LogP contribution in [-0.2, 0) is 17.9 Å². The minimum Gasteiger partial charge on any atom is -0.484 e. The molecule has 1 N–H and O–H groups in total. The van der Waals surface area contributed by atoms with Crippen molar-refractivity contribution < 1.29 is 9.53 Å². The van der Waals surface area contributed by atoms with Gasteiger partial charge in [0.25, 0.3) is 5.91 Å². The van der Waals surface area contributed by atoms with Gasteiger partial charge < -0.3 is 14.6 Å². The van der Waals surface area contributed by atoms with Gasteiger partial charge >= 0.3 is 0 Å². The molecule has 0 aliphatic rings. The van der Waals surface area contributed by atoms with Crippen molar-refractivity contribution in [2.24, 2.45) is 0 Å². The maximum absolute atomic E-state index is 12.2. The fraction of sp³-hybridized carbons (Fsp3) is 0.130. The van der Waals surface area contributed by atoms with Crippen LogP contribution in [0.1, 0.15) is 11.4 Å². The molecule has 0 spiro atoms. The predicted molar refractivity (Wildman–Crippen MR) is 114 cm³/mol. The van der Waals surface area contributed by atoms with Crippen LogP contribution in [0.4, 0.5) is 0 Å². The van der Waals surface area contributed by atoms with E-state index in [2.05, 4.69) is 22.0 Å². The Kier molecular flexibility index (Phi) is 5.77. The van der Waals surface area contributed by atoms with Crippen molar-refractivity contribution >= 4 is 28.5 Å². The van der Waals surface area contributed by atoms with Gasteiger partial charge in [-0.3, -0.25) is 4.79 Å². The van der Waals surface area contributed by atoms with E-state index in [1.807, 2.05) is 42.5 Å². The Morgan fingerprint density at radius 1 is 0.966 bits per heavy atom. The number of aromatic nitrogens is 2. The van der Waals surface area contributed by atoms with Gasteiger partial charge in [-0.1, -0.05) is 54.1 Å². The number of nitrogens with one attached hydrogen (secondary N) is 1. The summed E-state index contributed by atoms with van der Waals surface area (Å²) in [5.74, 6) is 1.19. The van der Waals surface area contributed by atoms with Gasteiger partial charge in [-0.2, -0.15) is 0 Å². The number of hydrogen-bond acceptors (Lipinski definition) is 3. The number of rotatable bonds is 7. The third-order valence-corrected chi connectivity index (χ3v) is 4.80. The number of fused-ring (bicyclic) bond motifs is 1. The summed E-state index contributed by atoms with van der Waals surface area (Å²) in [6, 6.07) is 25.1. The van der Waals surface area contributed by atoms with Gasteiger partial charge in [0.05, 0.1) is 17.6 Å². The molecular weight excluding hydrogens is 386 g/mol. The monoisotopic (exact) mass is 405 g/mol. The molecule has 0 atom stereocenters. The van der Waals surface area contributed by atoms with Crippen LogP contribution in [-0.4, -0.2) is 22.1 Å². The Balaban J connectivity index is 1.45. The second-order valence-corrected chi connectivity index (χ2v) is 7.04. The molecule has 1 amide bonds. The van der Waals surface area contributed by atoms with Gasteiger partial charge in [-0.05, 0) is 42.0 Å². The third kappa shape index (κ3) is 4.76. The molecule has 0 unspecified atom stereocenters. The molecule has 0 saturated heterocycles. The summed E-state index contributed by atoms with van der Waals surface area (Å²) in [6.07, 6.45) is 0. The lowest BCUT2D eigenvalue weighted by Gasteiger charge is -2.11. The summed E-state index contributed by atoms with van der Waals surface area (Å²) < 4.78 is 7.63. The first-order valence-electron chi connectivity index (χ1n) is 9.32. The van der Waals surface area contributed by atoms with E-state index in [0.717, 1.165) is 16.9 Å². The quantitative estimate of drug-likeness (QED) is 0.494. The number of carbonyl (C=O) groups excluding carboxylic acids is 1. The first-order valence-corrected chi connectivity index (χ1v) is 9.70. The molecule has 4 rings (SSSR count). The number of para-hydroxylation sites is 2. The standard InChI is InChI=1S/C23H20ClN3O2/c24-18-10-12-19(13-11-18)29-16-23(28)25-14-22-26-20-8-4-5-9-21(20)27(22)15-17-6-2-1-3-7-17/h1-13H,14-16H2,(H,25,28). The lowest BCUT2D eigenvalue weighted by atomic mass is 10.2. The van der Waals surface area contributed by atoms with Gasteiger partial charge in [-0.25, -0.2) is 4.98 Å². The van der Waals surface area contributed by atoms with Crippen molar-refractivity contribution in [3.63, 3.8) is 0 Å². The molecule has 0 saturated carbocycles. The second kappa shape index (κ2) is 8.80. The Morgan fingerprint density at radius 2 is 1.69 bits per heavy atom. The van der Waals surface area contributed by atoms with E-state index < -0.39 is 0 Å².